The topological polar surface area (TPSA) is 43.1 Å². The molecule has 1 amide bonds. The summed E-state index contributed by atoms with van der Waals surface area (Å²) in [5, 5.41) is 0. The van der Waals surface area contributed by atoms with Crippen LogP contribution in [0.15, 0.2) is 30.3 Å². The fraction of sp³-hybridized carbons (Fsp3) is 0.438. The summed E-state index contributed by atoms with van der Waals surface area (Å²) >= 11 is 0. The summed E-state index contributed by atoms with van der Waals surface area (Å²) in [5.74, 6) is -0.387. The number of hydrogen-bond acceptors (Lipinski definition) is 1. The first-order valence-corrected chi connectivity index (χ1v) is 6.81. The highest BCUT2D eigenvalue weighted by Gasteiger charge is 2.15. The maximum Gasteiger partial charge on any atom is 0.224 e. The fourth-order valence-electron chi connectivity index (χ4n) is 2.63. The van der Waals surface area contributed by atoms with E-state index in [-0.39, 0.29) is 11.8 Å². The molecule has 1 atom stereocenters. The van der Waals surface area contributed by atoms with Gasteiger partial charge in [0.15, 0.2) is 0 Å². The zero-order chi connectivity index (χ0) is 13.0. The molecule has 1 unspecified atom stereocenters. The van der Waals surface area contributed by atoms with Crippen LogP contribution in [0.5, 0.6) is 0 Å². The molecule has 0 aliphatic heterocycles. The third-order valence-corrected chi connectivity index (χ3v) is 3.73. The van der Waals surface area contributed by atoms with E-state index < -0.39 is 0 Å². The van der Waals surface area contributed by atoms with E-state index in [4.69, 9.17) is 5.73 Å². The molecular weight excluding hydrogens is 222 g/mol. The molecule has 0 fully saturated rings. The van der Waals surface area contributed by atoms with Gasteiger partial charge in [-0.25, -0.2) is 0 Å². The van der Waals surface area contributed by atoms with E-state index in [1.54, 1.807) is 0 Å². The summed E-state index contributed by atoms with van der Waals surface area (Å²) in [6, 6.07) is 8.34. The molecule has 0 saturated heterocycles. The second kappa shape index (κ2) is 5.85. The molecule has 0 aromatic heterocycles. The largest absolute Gasteiger partial charge is 0.369 e. The molecule has 0 spiro atoms. The van der Waals surface area contributed by atoms with Crippen molar-refractivity contribution in [3.8, 4) is 0 Å². The quantitative estimate of drug-likeness (QED) is 0.862. The SMILES string of the molecule is CCC(C(N)=O)c1ccc(C2=CCCCC2)cc1. The van der Waals surface area contributed by atoms with Crippen LogP contribution in [0.2, 0.25) is 0 Å². The van der Waals surface area contributed by atoms with Gasteiger partial charge in [0.05, 0.1) is 5.92 Å². The molecule has 0 bridgehead atoms. The standard InChI is InChI=1S/C16H21NO/c1-2-15(16(17)18)14-10-8-13(9-11-14)12-6-4-3-5-7-12/h6,8-11,15H,2-5,7H2,1H3,(H2,17,18). The fourth-order valence-corrected chi connectivity index (χ4v) is 2.63. The number of allylic oxidation sites excluding steroid dienone is 2. The van der Waals surface area contributed by atoms with Gasteiger partial charge >= 0.3 is 0 Å². The number of carbonyl (C=O) groups excluding carboxylic acids is 1. The van der Waals surface area contributed by atoms with Crippen molar-refractivity contribution in [2.45, 2.75) is 44.9 Å². The lowest BCUT2D eigenvalue weighted by molar-refractivity contribution is -0.119. The highest BCUT2D eigenvalue weighted by Crippen LogP contribution is 2.28. The second-order valence-electron chi connectivity index (χ2n) is 4.96. The molecule has 2 rings (SSSR count). The Morgan fingerprint density at radius 1 is 1.28 bits per heavy atom. The van der Waals surface area contributed by atoms with E-state index in [1.807, 2.05) is 19.1 Å². The lowest BCUT2D eigenvalue weighted by Crippen LogP contribution is -2.20. The highest BCUT2D eigenvalue weighted by molar-refractivity contribution is 5.82. The number of rotatable bonds is 4. The maximum absolute atomic E-state index is 11.3. The number of benzene rings is 1. The molecular formula is C16H21NO. The van der Waals surface area contributed by atoms with E-state index in [0.29, 0.717) is 0 Å². The molecule has 18 heavy (non-hydrogen) atoms. The molecule has 0 saturated carbocycles. The van der Waals surface area contributed by atoms with E-state index in [1.165, 1.54) is 36.8 Å². The summed E-state index contributed by atoms with van der Waals surface area (Å²) in [7, 11) is 0. The minimum Gasteiger partial charge on any atom is -0.369 e. The number of carbonyl (C=O) groups is 1. The predicted molar refractivity (Wildman–Crippen MR) is 75.1 cm³/mol. The minimum absolute atomic E-state index is 0.153. The summed E-state index contributed by atoms with van der Waals surface area (Å²) < 4.78 is 0. The first kappa shape index (κ1) is 12.9. The molecule has 1 aliphatic rings. The predicted octanol–water partition coefficient (Wildman–Crippen LogP) is 3.62. The van der Waals surface area contributed by atoms with Crippen LogP contribution in [0.1, 0.15) is 56.1 Å². The van der Waals surface area contributed by atoms with Crippen LogP contribution in [0, 0.1) is 0 Å². The lowest BCUT2D eigenvalue weighted by atomic mass is 9.90. The number of nitrogens with two attached hydrogens (primary N) is 1. The van der Waals surface area contributed by atoms with Crippen LogP contribution in [0.4, 0.5) is 0 Å². The van der Waals surface area contributed by atoms with E-state index >= 15 is 0 Å². The van der Waals surface area contributed by atoms with Gasteiger partial charge in [-0.3, -0.25) is 4.79 Å². The number of primary amides is 1. The van der Waals surface area contributed by atoms with Gasteiger partial charge in [0.2, 0.25) is 5.91 Å². The van der Waals surface area contributed by atoms with Crippen LogP contribution in [0.3, 0.4) is 0 Å². The molecule has 96 valence electrons. The Morgan fingerprint density at radius 2 is 2.00 bits per heavy atom. The van der Waals surface area contributed by atoms with E-state index in [0.717, 1.165) is 12.0 Å². The Hall–Kier alpha value is -1.57. The minimum atomic E-state index is -0.234. The van der Waals surface area contributed by atoms with Gasteiger partial charge < -0.3 is 5.73 Å². The molecule has 0 radical (unpaired) electrons. The monoisotopic (exact) mass is 243 g/mol. The summed E-state index contributed by atoms with van der Waals surface area (Å²) in [6.45, 7) is 1.99. The van der Waals surface area contributed by atoms with Gasteiger partial charge in [-0.05, 0) is 48.8 Å². The van der Waals surface area contributed by atoms with E-state index in [9.17, 15) is 4.79 Å². The molecule has 1 aliphatic carbocycles. The summed E-state index contributed by atoms with van der Waals surface area (Å²) in [4.78, 5) is 11.3. The zero-order valence-corrected chi connectivity index (χ0v) is 11.0. The molecule has 1 aromatic rings. The van der Waals surface area contributed by atoms with Gasteiger partial charge in [0.1, 0.15) is 0 Å². The van der Waals surface area contributed by atoms with Crippen molar-refractivity contribution < 1.29 is 4.79 Å². The summed E-state index contributed by atoms with van der Waals surface area (Å²) in [6.07, 6.45) is 8.05. The normalized spacial score (nSPS) is 17.1. The average molecular weight is 243 g/mol. The van der Waals surface area contributed by atoms with Crippen molar-refractivity contribution in [3.63, 3.8) is 0 Å². The van der Waals surface area contributed by atoms with Crippen LogP contribution >= 0.6 is 0 Å². The van der Waals surface area contributed by atoms with Crippen molar-refractivity contribution in [3.05, 3.63) is 41.5 Å². The van der Waals surface area contributed by atoms with Crippen LogP contribution in [-0.4, -0.2) is 5.91 Å². The smallest absolute Gasteiger partial charge is 0.224 e. The van der Waals surface area contributed by atoms with Gasteiger partial charge in [-0.1, -0.05) is 37.3 Å². The van der Waals surface area contributed by atoms with Gasteiger partial charge in [-0.2, -0.15) is 0 Å². The Labute approximate surface area is 109 Å². The van der Waals surface area contributed by atoms with Gasteiger partial charge in [0, 0.05) is 0 Å². The van der Waals surface area contributed by atoms with Crippen LogP contribution in [0.25, 0.3) is 5.57 Å². The number of hydrogen-bond donors (Lipinski definition) is 1. The van der Waals surface area contributed by atoms with Crippen molar-refractivity contribution >= 4 is 11.5 Å². The molecule has 2 N–H and O–H groups in total. The van der Waals surface area contributed by atoms with Crippen molar-refractivity contribution in [1.29, 1.82) is 0 Å². The van der Waals surface area contributed by atoms with Crippen LogP contribution in [-0.2, 0) is 4.79 Å². The lowest BCUT2D eigenvalue weighted by Gasteiger charge is -2.15. The molecule has 2 heteroatoms. The van der Waals surface area contributed by atoms with Gasteiger partial charge in [-0.15, -0.1) is 0 Å². The summed E-state index contributed by atoms with van der Waals surface area (Å²) in [5.41, 5.74) is 9.18. The highest BCUT2D eigenvalue weighted by atomic mass is 16.1. The third kappa shape index (κ3) is 2.81. The van der Waals surface area contributed by atoms with Crippen LogP contribution < -0.4 is 5.73 Å². The first-order chi connectivity index (χ1) is 8.72. The Bertz CT molecular complexity index is 445. The third-order valence-electron chi connectivity index (χ3n) is 3.73. The van der Waals surface area contributed by atoms with Crippen molar-refractivity contribution in [1.82, 2.24) is 0 Å². The average Bonchev–Trinajstić information content (AvgIpc) is 2.41. The molecule has 1 aromatic carbocycles. The number of amides is 1. The molecule has 2 nitrogen and oxygen atoms in total. The Morgan fingerprint density at radius 3 is 2.50 bits per heavy atom. The van der Waals surface area contributed by atoms with Crippen molar-refractivity contribution in [2.75, 3.05) is 0 Å². The van der Waals surface area contributed by atoms with E-state index in [2.05, 4.69) is 18.2 Å². The molecule has 0 heterocycles. The zero-order valence-electron chi connectivity index (χ0n) is 11.0. The Balaban J connectivity index is 2.19. The maximum atomic E-state index is 11.3. The van der Waals surface area contributed by atoms with Crippen molar-refractivity contribution in [2.24, 2.45) is 5.73 Å². The first-order valence-electron chi connectivity index (χ1n) is 6.81. The van der Waals surface area contributed by atoms with Gasteiger partial charge in [0.25, 0.3) is 0 Å². The second-order valence-corrected chi connectivity index (χ2v) is 4.96. The Kier molecular flexibility index (Phi) is 4.19.